The van der Waals surface area contributed by atoms with Crippen LogP contribution in [-0.4, -0.2) is 28.3 Å². The molecule has 98 valence electrons. The maximum absolute atomic E-state index is 12.6. The van der Waals surface area contributed by atoms with Crippen LogP contribution in [0.4, 0.5) is 0 Å². The molecule has 1 amide bonds. The van der Waals surface area contributed by atoms with Crippen LogP contribution in [0.1, 0.15) is 47.6 Å². The smallest absolute Gasteiger partial charge is 0.257 e. The fourth-order valence-corrected chi connectivity index (χ4v) is 3.84. The SMILES string of the molecule is Cc1cc(C(=O)N2C3CCC2CC(Cl)C3)c(C)o1. The average molecular weight is 268 g/mol. The number of amides is 1. The molecule has 2 saturated heterocycles. The first-order valence-electron chi connectivity index (χ1n) is 6.60. The zero-order chi connectivity index (χ0) is 12.9. The van der Waals surface area contributed by atoms with Gasteiger partial charge in [0.2, 0.25) is 0 Å². The molecule has 2 aliphatic heterocycles. The zero-order valence-corrected chi connectivity index (χ0v) is 11.5. The van der Waals surface area contributed by atoms with Crippen molar-refractivity contribution < 1.29 is 9.21 Å². The second-order valence-electron chi connectivity index (χ2n) is 5.49. The van der Waals surface area contributed by atoms with Gasteiger partial charge in [0, 0.05) is 17.5 Å². The molecule has 0 N–H and O–H groups in total. The minimum atomic E-state index is 0.125. The molecule has 18 heavy (non-hydrogen) atoms. The van der Waals surface area contributed by atoms with Gasteiger partial charge in [-0.15, -0.1) is 11.6 Å². The van der Waals surface area contributed by atoms with E-state index < -0.39 is 0 Å². The molecule has 2 aliphatic rings. The van der Waals surface area contributed by atoms with Crippen LogP contribution in [0.25, 0.3) is 0 Å². The predicted octanol–water partition coefficient (Wildman–Crippen LogP) is 3.27. The van der Waals surface area contributed by atoms with E-state index in [-0.39, 0.29) is 11.3 Å². The van der Waals surface area contributed by atoms with Crippen molar-refractivity contribution in [2.24, 2.45) is 0 Å². The Bertz CT molecular complexity index is 468. The molecule has 2 unspecified atom stereocenters. The fraction of sp³-hybridized carbons (Fsp3) is 0.643. The van der Waals surface area contributed by atoms with Gasteiger partial charge in [-0.3, -0.25) is 4.79 Å². The summed E-state index contributed by atoms with van der Waals surface area (Å²) in [5.74, 6) is 1.65. The maximum atomic E-state index is 12.6. The van der Waals surface area contributed by atoms with Gasteiger partial charge in [0.25, 0.3) is 5.91 Å². The van der Waals surface area contributed by atoms with Crippen LogP contribution in [0.5, 0.6) is 0 Å². The van der Waals surface area contributed by atoms with Gasteiger partial charge in [0.05, 0.1) is 5.56 Å². The van der Waals surface area contributed by atoms with E-state index in [1.165, 1.54) is 0 Å². The van der Waals surface area contributed by atoms with Gasteiger partial charge in [0.1, 0.15) is 11.5 Å². The van der Waals surface area contributed by atoms with Crippen molar-refractivity contribution in [1.29, 1.82) is 0 Å². The normalized spacial score (nSPS) is 30.8. The zero-order valence-electron chi connectivity index (χ0n) is 10.8. The van der Waals surface area contributed by atoms with Crippen LogP contribution in [0, 0.1) is 13.8 Å². The number of alkyl halides is 1. The lowest BCUT2D eigenvalue weighted by atomic mass is 10.0. The molecule has 1 aromatic rings. The third kappa shape index (κ3) is 1.85. The van der Waals surface area contributed by atoms with Gasteiger partial charge in [-0.05, 0) is 45.6 Å². The number of piperidine rings is 1. The Balaban J connectivity index is 1.88. The number of fused-ring (bicyclic) bond motifs is 2. The Morgan fingerprint density at radius 1 is 1.33 bits per heavy atom. The van der Waals surface area contributed by atoms with E-state index in [0.717, 1.165) is 42.8 Å². The Kier molecular flexibility index (Phi) is 2.89. The lowest BCUT2D eigenvalue weighted by Gasteiger charge is -2.36. The third-order valence-corrected chi connectivity index (χ3v) is 4.54. The van der Waals surface area contributed by atoms with E-state index in [2.05, 4.69) is 4.90 Å². The van der Waals surface area contributed by atoms with Crippen molar-refractivity contribution in [1.82, 2.24) is 4.90 Å². The van der Waals surface area contributed by atoms with E-state index in [1.54, 1.807) is 0 Å². The highest BCUT2D eigenvalue weighted by Gasteiger charge is 2.43. The summed E-state index contributed by atoms with van der Waals surface area (Å²) < 4.78 is 5.46. The third-order valence-electron chi connectivity index (χ3n) is 4.18. The molecule has 2 fully saturated rings. The Labute approximate surface area is 112 Å². The average Bonchev–Trinajstić information content (AvgIpc) is 2.76. The van der Waals surface area contributed by atoms with Crippen LogP contribution in [0.15, 0.2) is 10.5 Å². The van der Waals surface area contributed by atoms with Crippen molar-refractivity contribution in [3.8, 4) is 0 Å². The van der Waals surface area contributed by atoms with E-state index in [1.807, 2.05) is 19.9 Å². The first-order valence-corrected chi connectivity index (χ1v) is 7.03. The molecule has 0 spiro atoms. The van der Waals surface area contributed by atoms with E-state index in [9.17, 15) is 4.79 Å². The van der Waals surface area contributed by atoms with Gasteiger partial charge in [-0.2, -0.15) is 0 Å². The van der Waals surface area contributed by atoms with E-state index in [4.69, 9.17) is 16.0 Å². The monoisotopic (exact) mass is 267 g/mol. The summed E-state index contributed by atoms with van der Waals surface area (Å²) in [4.78, 5) is 14.7. The van der Waals surface area contributed by atoms with Gasteiger partial charge < -0.3 is 9.32 Å². The summed E-state index contributed by atoms with van der Waals surface area (Å²) in [6.07, 6.45) is 4.05. The lowest BCUT2D eigenvalue weighted by Crippen LogP contribution is -2.47. The van der Waals surface area contributed by atoms with Crippen molar-refractivity contribution in [2.75, 3.05) is 0 Å². The van der Waals surface area contributed by atoms with Crippen molar-refractivity contribution in [3.05, 3.63) is 23.2 Å². The molecule has 3 rings (SSSR count). The second-order valence-corrected chi connectivity index (χ2v) is 6.11. The summed E-state index contributed by atoms with van der Waals surface area (Å²) in [6, 6.07) is 2.51. The number of furan rings is 1. The van der Waals surface area contributed by atoms with Crippen molar-refractivity contribution in [3.63, 3.8) is 0 Å². The van der Waals surface area contributed by atoms with Crippen LogP contribution < -0.4 is 0 Å². The number of nitrogens with zero attached hydrogens (tertiary/aromatic N) is 1. The highest BCUT2D eigenvalue weighted by molar-refractivity contribution is 6.20. The maximum Gasteiger partial charge on any atom is 0.257 e. The Morgan fingerprint density at radius 2 is 1.94 bits per heavy atom. The molecule has 0 aromatic carbocycles. The molecular weight excluding hydrogens is 250 g/mol. The molecule has 2 bridgehead atoms. The van der Waals surface area contributed by atoms with Crippen LogP contribution >= 0.6 is 11.6 Å². The molecule has 0 radical (unpaired) electrons. The molecule has 3 heterocycles. The second kappa shape index (κ2) is 4.30. The largest absolute Gasteiger partial charge is 0.466 e. The Morgan fingerprint density at radius 3 is 2.44 bits per heavy atom. The lowest BCUT2D eigenvalue weighted by molar-refractivity contribution is 0.0598. The number of carbonyl (C=O) groups excluding carboxylic acids is 1. The fourth-order valence-electron chi connectivity index (χ4n) is 3.42. The first-order chi connectivity index (χ1) is 8.56. The molecule has 2 atom stereocenters. The van der Waals surface area contributed by atoms with Gasteiger partial charge >= 0.3 is 0 Å². The highest BCUT2D eigenvalue weighted by atomic mass is 35.5. The van der Waals surface area contributed by atoms with Crippen LogP contribution in [0.2, 0.25) is 0 Å². The molecule has 0 aliphatic carbocycles. The van der Waals surface area contributed by atoms with Gasteiger partial charge in [0.15, 0.2) is 0 Å². The van der Waals surface area contributed by atoms with Gasteiger partial charge in [-0.25, -0.2) is 0 Å². The van der Waals surface area contributed by atoms with Crippen LogP contribution in [0.3, 0.4) is 0 Å². The predicted molar refractivity (Wildman–Crippen MR) is 70.0 cm³/mol. The highest BCUT2D eigenvalue weighted by Crippen LogP contribution is 2.39. The number of aryl methyl sites for hydroxylation is 2. The molecule has 3 nitrogen and oxygen atoms in total. The summed E-state index contributed by atoms with van der Waals surface area (Å²) in [5.41, 5.74) is 0.720. The quantitative estimate of drug-likeness (QED) is 0.732. The number of carbonyl (C=O) groups is 1. The van der Waals surface area contributed by atoms with E-state index in [0.29, 0.717) is 12.1 Å². The molecule has 1 aromatic heterocycles. The summed E-state index contributed by atoms with van der Waals surface area (Å²) in [6.45, 7) is 3.74. The van der Waals surface area contributed by atoms with E-state index >= 15 is 0 Å². The Hall–Kier alpha value is -0.960. The van der Waals surface area contributed by atoms with Crippen molar-refractivity contribution in [2.45, 2.75) is 57.0 Å². The van der Waals surface area contributed by atoms with Crippen LogP contribution in [-0.2, 0) is 0 Å². The summed E-state index contributed by atoms with van der Waals surface area (Å²) >= 11 is 6.24. The standard InChI is InChI=1S/C14H18ClNO2/c1-8-5-13(9(2)18-8)14(17)16-11-3-4-12(16)7-10(15)6-11/h5,10-12H,3-4,6-7H2,1-2H3. The minimum absolute atomic E-state index is 0.125. The van der Waals surface area contributed by atoms with Crippen molar-refractivity contribution >= 4 is 17.5 Å². The first kappa shape index (κ1) is 12.1. The molecule has 0 saturated carbocycles. The van der Waals surface area contributed by atoms with Gasteiger partial charge in [-0.1, -0.05) is 0 Å². The summed E-state index contributed by atoms with van der Waals surface area (Å²) in [7, 11) is 0. The molecule has 4 heteroatoms. The number of hydrogen-bond acceptors (Lipinski definition) is 2. The minimum Gasteiger partial charge on any atom is -0.466 e. The number of halogens is 1. The number of hydrogen-bond donors (Lipinski definition) is 0. The number of rotatable bonds is 1. The summed E-state index contributed by atoms with van der Waals surface area (Å²) in [5, 5.41) is 0.235. The molecular formula is C14H18ClNO2. The topological polar surface area (TPSA) is 33.5 Å².